The molecule has 0 radical (unpaired) electrons. The molecule has 0 bridgehead atoms. The van der Waals surface area contributed by atoms with E-state index in [1.54, 1.807) is 17.1 Å². The largest absolute Gasteiger partial charge is 0.354 e. The predicted molar refractivity (Wildman–Crippen MR) is 108 cm³/mol. The van der Waals surface area contributed by atoms with Crippen LogP contribution in [0.2, 0.25) is 0 Å². The van der Waals surface area contributed by atoms with Gasteiger partial charge in [-0.3, -0.25) is 0 Å². The highest BCUT2D eigenvalue weighted by molar-refractivity contribution is 7.89. The van der Waals surface area contributed by atoms with E-state index in [9.17, 15) is 8.42 Å². The van der Waals surface area contributed by atoms with E-state index in [0.29, 0.717) is 50.2 Å². The lowest BCUT2D eigenvalue weighted by atomic mass is 10.3. The van der Waals surface area contributed by atoms with Crippen molar-refractivity contribution < 1.29 is 8.42 Å². The number of aryl methyl sites for hydroxylation is 3. The fraction of sp³-hybridized carbons (Fsp3) is 0.444. The van der Waals surface area contributed by atoms with Crippen LogP contribution < -0.4 is 4.90 Å². The standard InChI is InChI=1S/C18H24N8O2S/c1-4-23-13-18(22-15(23)3)29(27,28)25-10-8-24(9-11-25)16-12-17(21-14(2)20-16)26-7-5-6-19-26/h5-7,12-13H,4,8-11H2,1-3H3. The molecule has 0 spiro atoms. The summed E-state index contributed by atoms with van der Waals surface area (Å²) in [6, 6.07) is 3.71. The first-order chi connectivity index (χ1) is 13.9. The van der Waals surface area contributed by atoms with E-state index in [0.717, 1.165) is 5.82 Å². The van der Waals surface area contributed by atoms with E-state index in [-0.39, 0.29) is 5.03 Å². The summed E-state index contributed by atoms with van der Waals surface area (Å²) < 4.78 is 31.0. The summed E-state index contributed by atoms with van der Waals surface area (Å²) in [6.07, 6.45) is 5.14. The minimum absolute atomic E-state index is 0.115. The molecule has 0 unspecified atom stereocenters. The molecule has 0 saturated carbocycles. The lowest BCUT2D eigenvalue weighted by molar-refractivity contribution is 0.382. The average molecular weight is 417 g/mol. The number of anilines is 1. The number of hydrogen-bond acceptors (Lipinski definition) is 7. The number of nitrogens with zero attached hydrogens (tertiary/aromatic N) is 8. The molecule has 1 saturated heterocycles. The molecule has 1 aliphatic heterocycles. The van der Waals surface area contributed by atoms with Crippen molar-refractivity contribution >= 4 is 15.8 Å². The zero-order valence-electron chi connectivity index (χ0n) is 16.7. The zero-order chi connectivity index (χ0) is 20.6. The Balaban J connectivity index is 1.51. The van der Waals surface area contributed by atoms with Gasteiger partial charge in [-0.1, -0.05) is 0 Å². The Hall–Kier alpha value is -2.79. The van der Waals surface area contributed by atoms with Crippen LogP contribution in [0.15, 0.2) is 35.7 Å². The molecule has 154 valence electrons. The van der Waals surface area contributed by atoms with E-state index in [4.69, 9.17) is 0 Å². The Kier molecular flexibility index (Phi) is 5.09. The number of aromatic nitrogens is 6. The quantitative estimate of drug-likeness (QED) is 0.611. The average Bonchev–Trinajstić information content (AvgIpc) is 3.37. The molecular formula is C18H24N8O2S. The van der Waals surface area contributed by atoms with E-state index in [1.807, 2.05) is 43.7 Å². The second-order valence-corrected chi connectivity index (χ2v) is 8.77. The van der Waals surface area contributed by atoms with E-state index < -0.39 is 10.0 Å². The van der Waals surface area contributed by atoms with Crippen LogP contribution in [-0.2, 0) is 16.6 Å². The molecule has 0 atom stereocenters. The highest BCUT2D eigenvalue weighted by atomic mass is 32.2. The lowest BCUT2D eigenvalue weighted by Gasteiger charge is -2.34. The van der Waals surface area contributed by atoms with Crippen LogP contribution in [0.4, 0.5) is 5.82 Å². The van der Waals surface area contributed by atoms with Crippen molar-refractivity contribution in [1.82, 2.24) is 33.6 Å². The summed E-state index contributed by atoms with van der Waals surface area (Å²) >= 11 is 0. The van der Waals surface area contributed by atoms with Gasteiger partial charge in [0, 0.05) is 57.4 Å². The highest BCUT2D eigenvalue weighted by Gasteiger charge is 2.31. The molecule has 1 aliphatic rings. The second kappa shape index (κ2) is 7.56. The van der Waals surface area contributed by atoms with Gasteiger partial charge in [-0.05, 0) is 26.8 Å². The Labute approximate surface area is 169 Å². The predicted octanol–water partition coefficient (Wildman–Crippen LogP) is 1.01. The van der Waals surface area contributed by atoms with Gasteiger partial charge in [0.1, 0.15) is 17.5 Å². The number of rotatable bonds is 5. The van der Waals surface area contributed by atoms with Crippen LogP contribution in [0.1, 0.15) is 18.6 Å². The van der Waals surface area contributed by atoms with Crippen LogP contribution in [0.25, 0.3) is 5.82 Å². The van der Waals surface area contributed by atoms with E-state index in [2.05, 4.69) is 25.0 Å². The van der Waals surface area contributed by atoms with Crippen LogP contribution >= 0.6 is 0 Å². The Morgan fingerprint density at radius 2 is 1.76 bits per heavy atom. The Morgan fingerprint density at radius 1 is 1.03 bits per heavy atom. The summed E-state index contributed by atoms with van der Waals surface area (Å²) in [5.41, 5.74) is 0. The van der Waals surface area contributed by atoms with Crippen molar-refractivity contribution in [3.63, 3.8) is 0 Å². The van der Waals surface area contributed by atoms with Crippen molar-refractivity contribution in [2.24, 2.45) is 0 Å². The minimum atomic E-state index is -3.60. The van der Waals surface area contributed by atoms with Crippen molar-refractivity contribution in [2.45, 2.75) is 32.3 Å². The maximum Gasteiger partial charge on any atom is 0.262 e. The fourth-order valence-corrected chi connectivity index (χ4v) is 4.85. The van der Waals surface area contributed by atoms with Crippen molar-refractivity contribution in [3.8, 4) is 5.82 Å². The van der Waals surface area contributed by atoms with Crippen LogP contribution in [0, 0.1) is 13.8 Å². The van der Waals surface area contributed by atoms with Gasteiger partial charge < -0.3 is 9.47 Å². The highest BCUT2D eigenvalue weighted by Crippen LogP contribution is 2.21. The molecule has 4 heterocycles. The number of imidazole rings is 1. The maximum absolute atomic E-state index is 13.0. The SMILES string of the molecule is CCn1cc(S(=O)(=O)N2CCN(c3cc(-n4cccn4)nc(C)n3)CC2)nc1C. The summed E-state index contributed by atoms with van der Waals surface area (Å²) in [7, 11) is -3.60. The molecule has 3 aromatic heterocycles. The first kappa shape index (κ1) is 19.5. The molecule has 3 aromatic rings. The third kappa shape index (κ3) is 3.75. The Morgan fingerprint density at radius 3 is 2.38 bits per heavy atom. The summed E-state index contributed by atoms with van der Waals surface area (Å²) in [5, 5.41) is 4.33. The van der Waals surface area contributed by atoms with E-state index in [1.165, 1.54) is 4.31 Å². The van der Waals surface area contributed by atoms with Crippen molar-refractivity contribution in [1.29, 1.82) is 0 Å². The van der Waals surface area contributed by atoms with Gasteiger partial charge in [0.25, 0.3) is 10.0 Å². The topological polar surface area (TPSA) is 102 Å². The van der Waals surface area contributed by atoms with Gasteiger partial charge in [-0.2, -0.15) is 9.40 Å². The molecular weight excluding hydrogens is 392 g/mol. The molecule has 0 amide bonds. The molecule has 0 aliphatic carbocycles. The normalized spacial score (nSPS) is 15.8. The van der Waals surface area contributed by atoms with Crippen LogP contribution in [0.3, 0.4) is 0 Å². The maximum atomic E-state index is 13.0. The third-order valence-electron chi connectivity index (χ3n) is 5.01. The molecule has 4 rings (SSSR count). The summed E-state index contributed by atoms with van der Waals surface area (Å²) in [4.78, 5) is 15.3. The number of hydrogen-bond donors (Lipinski definition) is 0. The molecule has 10 nitrogen and oxygen atoms in total. The van der Waals surface area contributed by atoms with Crippen LogP contribution in [0.5, 0.6) is 0 Å². The van der Waals surface area contributed by atoms with Gasteiger partial charge >= 0.3 is 0 Å². The van der Waals surface area contributed by atoms with Gasteiger partial charge in [0.15, 0.2) is 10.8 Å². The number of piperazine rings is 1. The van der Waals surface area contributed by atoms with Gasteiger partial charge in [-0.25, -0.2) is 28.1 Å². The third-order valence-corrected chi connectivity index (χ3v) is 6.78. The second-order valence-electron chi connectivity index (χ2n) is 6.89. The molecule has 0 N–H and O–H groups in total. The Bertz CT molecular complexity index is 1100. The van der Waals surface area contributed by atoms with Crippen molar-refractivity contribution in [2.75, 3.05) is 31.1 Å². The monoisotopic (exact) mass is 416 g/mol. The number of sulfonamides is 1. The van der Waals surface area contributed by atoms with Gasteiger partial charge in [-0.15, -0.1) is 0 Å². The first-order valence-electron chi connectivity index (χ1n) is 9.53. The van der Waals surface area contributed by atoms with Gasteiger partial charge in [0.05, 0.1) is 0 Å². The minimum Gasteiger partial charge on any atom is -0.354 e. The van der Waals surface area contributed by atoms with E-state index >= 15 is 0 Å². The van der Waals surface area contributed by atoms with Crippen LogP contribution in [-0.4, -0.2) is 68.2 Å². The molecule has 0 aromatic carbocycles. The molecule has 11 heteroatoms. The fourth-order valence-electron chi connectivity index (χ4n) is 3.43. The van der Waals surface area contributed by atoms with Crippen molar-refractivity contribution in [3.05, 3.63) is 42.4 Å². The molecule has 1 fully saturated rings. The smallest absolute Gasteiger partial charge is 0.262 e. The molecule has 29 heavy (non-hydrogen) atoms. The summed E-state index contributed by atoms with van der Waals surface area (Å²) in [6.45, 7) is 8.14. The lowest BCUT2D eigenvalue weighted by Crippen LogP contribution is -2.49. The first-order valence-corrected chi connectivity index (χ1v) is 11.0. The van der Waals surface area contributed by atoms with Gasteiger partial charge in [0.2, 0.25) is 0 Å². The zero-order valence-corrected chi connectivity index (χ0v) is 17.5. The summed E-state index contributed by atoms with van der Waals surface area (Å²) in [5.74, 6) is 2.80.